The van der Waals surface area contributed by atoms with Crippen LogP contribution in [0.25, 0.3) is 0 Å². The van der Waals surface area contributed by atoms with Crippen molar-refractivity contribution in [3.05, 3.63) is 29.8 Å². The van der Waals surface area contributed by atoms with Gasteiger partial charge in [0.15, 0.2) is 0 Å². The van der Waals surface area contributed by atoms with Gasteiger partial charge in [-0.15, -0.1) is 0 Å². The highest BCUT2D eigenvalue weighted by atomic mass is 32.2. The van der Waals surface area contributed by atoms with Gasteiger partial charge >= 0.3 is 0 Å². The lowest BCUT2D eigenvalue weighted by Gasteiger charge is -2.21. The average molecular weight is 355 g/mol. The molecule has 0 saturated heterocycles. The number of rotatable bonds is 7. The van der Waals surface area contributed by atoms with Gasteiger partial charge in [0.2, 0.25) is 15.9 Å². The van der Waals surface area contributed by atoms with Gasteiger partial charge in [-0.3, -0.25) is 9.59 Å². The summed E-state index contributed by atoms with van der Waals surface area (Å²) >= 11 is 0. The molecule has 0 unspecified atom stereocenters. The highest BCUT2D eigenvalue weighted by Crippen LogP contribution is 2.15. The topological polar surface area (TPSA) is 86.8 Å². The Balaban J connectivity index is 2.92. The molecule has 0 fully saturated rings. The smallest absolute Gasteiger partial charge is 0.254 e. The first-order chi connectivity index (χ1) is 11.1. The number of hydrogen-bond donors (Lipinski definition) is 1. The molecule has 0 aromatic heterocycles. The molecule has 1 aromatic carbocycles. The van der Waals surface area contributed by atoms with Gasteiger partial charge in [-0.25, -0.2) is 12.7 Å². The van der Waals surface area contributed by atoms with Crippen LogP contribution in [0.5, 0.6) is 0 Å². The van der Waals surface area contributed by atoms with Crippen molar-refractivity contribution in [1.82, 2.24) is 14.5 Å². The number of carbonyl (C=O) groups excluding carboxylic acids is 2. The van der Waals surface area contributed by atoms with Crippen LogP contribution in [-0.4, -0.2) is 62.7 Å². The molecule has 0 atom stereocenters. The Morgan fingerprint density at radius 3 is 2.08 bits per heavy atom. The fraction of sp³-hybridized carbons (Fsp3) is 0.500. The largest absolute Gasteiger partial charge is 0.352 e. The molecule has 2 amide bonds. The molecule has 24 heavy (non-hydrogen) atoms. The number of nitrogens with one attached hydrogen (secondary N) is 1. The first-order valence-corrected chi connectivity index (χ1v) is 9.14. The Morgan fingerprint density at radius 2 is 1.67 bits per heavy atom. The highest BCUT2D eigenvalue weighted by molar-refractivity contribution is 7.89. The number of nitrogens with zero attached hydrogens (tertiary/aromatic N) is 2. The zero-order chi connectivity index (χ0) is 18.5. The molecule has 0 heterocycles. The van der Waals surface area contributed by atoms with Crippen LogP contribution in [-0.2, 0) is 14.8 Å². The normalized spacial score (nSPS) is 11.6. The molecular weight excluding hydrogens is 330 g/mol. The Bertz CT molecular complexity index is 682. The molecule has 1 aromatic rings. The minimum atomic E-state index is -3.53. The van der Waals surface area contributed by atoms with Gasteiger partial charge in [-0.1, -0.05) is 0 Å². The van der Waals surface area contributed by atoms with E-state index in [4.69, 9.17) is 0 Å². The van der Waals surface area contributed by atoms with Crippen molar-refractivity contribution < 1.29 is 18.0 Å². The molecule has 0 radical (unpaired) electrons. The maximum atomic E-state index is 12.5. The summed E-state index contributed by atoms with van der Waals surface area (Å²) in [5.74, 6) is -0.544. The van der Waals surface area contributed by atoms with Crippen molar-refractivity contribution in [3.63, 3.8) is 0 Å². The summed E-state index contributed by atoms with van der Waals surface area (Å²) < 4.78 is 25.2. The van der Waals surface area contributed by atoms with Gasteiger partial charge in [-0.2, -0.15) is 0 Å². The number of benzene rings is 1. The predicted molar refractivity (Wildman–Crippen MR) is 92.2 cm³/mol. The van der Waals surface area contributed by atoms with E-state index in [0.717, 1.165) is 4.31 Å². The van der Waals surface area contributed by atoms with Crippen LogP contribution >= 0.6 is 0 Å². The van der Waals surface area contributed by atoms with Crippen molar-refractivity contribution in [2.24, 2.45) is 0 Å². The Labute approximate surface area is 143 Å². The molecule has 0 aliphatic heterocycles. The number of carbonyl (C=O) groups is 2. The van der Waals surface area contributed by atoms with Crippen LogP contribution in [0.2, 0.25) is 0 Å². The van der Waals surface area contributed by atoms with E-state index in [2.05, 4.69) is 5.32 Å². The molecule has 0 aliphatic rings. The SMILES string of the molecule is CCN(CC(=O)NC(C)C)C(=O)c1ccc(S(=O)(=O)N(C)C)cc1. The zero-order valence-corrected chi connectivity index (χ0v) is 15.6. The zero-order valence-electron chi connectivity index (χ0n) is 14.7. The van der Waals surface area contributed by atoms with Crippen LogP contribution < -0.4 is 5.32 Å². The van der Waals surface area contributed by atoms with Gasteiger partial charge in [0.05, 0.1) is 11.4 Å². The lowest BCUT2D eigenvalue weighted by molar-refractivity contribution is -0.122. The van der Waals surface area contributed by atoms with Gasteiger partial charge in [0.1, 0.15) is 0 Å². The van der Waals surface area contributed by atoms with Crippen LogP contribution in [0.15, 0.2) is 29.2 Å². The fourth-order valence-corrected chi connectivity index (χ4v) is 2.93. The second-order valence-electron chi connectivity index (χ2n) is 5.85. The third-order valence-corrected chi connectivity index (χ3v) is 5.16. The molecule has 8 heteroatoms. The highest BCUT2D eigenvalue weighted by Gasteiger charge is 2.20. The summed E-state index contributed by atoms with van der Waals surface area (Å²) in [6, 6.07) is 5.71. The van der Waals surface area contributed by atoms with Crippen LogP contribution in [0.4, 0.5) is 0 Å². The van der Waals surface area contributed by atoms with Crippen LogP contribution in [0.3, 0.4) is 0 Å². The first kappa shape index (κ1) is 20.1. The first-order valence-electron chi connectivity index (χ1n) is 7.70. The lowest BCUT2D eigenvalue weighted by Crippen LogP contribution is -2.42. The average Bonchev–Trinajstić information content (AvgIpc) is 2.51. The Morgan fingerprint density at radius 1 is 1.12 bits per heavy atom. The van der Waals surface area contributed by atoms with Crippen molar-refractivity contribution in [3.8, 4) is 0 Å². The molecule has 1 N–H and O–H groups in total. The van der Waals surface area contributed by atoms with Gasteiger partial charge < -0.3 is 10.2 Å². The monoisotopic (exact) mass is 355 g/mol. The Kier molecular flexibility index (Phi) is 6.92. The molecule has 0 aliphatic carbocycles. The summed E-state index contributed by atoms with van der Waals surface area (Å²) in [5, 5.41) is 2.74. The van der Waals surface area contributed by atoms with Gasteiger partial charge in [0, 0.05) is 32.2 Å². The van der Waals surface area contributed by atoms with Crippen molar-refractivity contribution >= 4 is 21.8 Å². The molecular formula is C16H25N3O4S. The fourth-order valence-electron chi connectivity index (χ4n) is 2.03. The second-order valence-corrected chi connectivity index (χ2v) is 8.01. The summed E-state index contributed by atoms with van der Waals surface area (Å²) in [6.07, 6.45) is 0. The minimum Gasteiger partial charge on any atom is -0.352 e. The molecule has 7 nitrogen and oxygen atoms in total. The van der Waals surface area contributed by atoms with Crippen LogP contribution in [0.1, 0.15) is 31.1 Å². The summed E-state index contributed by atoms with van der Waals surface area (Å²) in [5.41, 5.74) is 0.340. The van der Waals surface area contributed by atoms with Crippen molar-refractivity contribution in [2.75, 3.05) is 27.2 Å². The van der Waals surface area contributed by atoms with Gasteiger partial charge in [-0.05, 0) is 45.0 Å². The molecule has 0 bridgehead atoms. The third kappa shape index (κ3) is 5.04. The quantitative estimate of drug-likeness (QED) is 0.788. The van der Waals surface area contributed by atoms with E-state index in [-0.39, 0.29) is 29.3 Å². The third-order valence-electron chi connectivity index (χ3n) is 3.33. The minimum absolute atomic E-state index is 0.00170. The van der Waals surface area contributed by atoms with E-state index in [1.807, 2.05) is 13.8 Å². The molecule has 134 valence electrons. The molecule has 1 rings (SSSR count). The molecule has 0 spiro atoms. The van der Waals surface area contributed by atoms with E-state index < -0.39 is 10.0 Å². The standard InChI is InChI=1S/C16H25N3O4S/c1-6-19(11-15(20)17-12(2)3)16(21)13-7-9-14(10-8-13)24(22,23)18(4)5/h7-10,12H,6,11H2,1-5H3,(H,17,20). The molecule has 0 saturated carbocycles. The van der Waals surface area contributed by atoms with Gasteiger partial charge in [0.25, 0.3) is 5.91 Å². The summed E-state index contributed by atoms with van der Waals surface area (Å²) in [4.78, 5) is 25.8. The van der Waals surface area contributed by atoms with Crippen LogP contribution in [0, 0.1) is 0 Å². The second kappa shape index (κ2) is 8.25. The van der Waals surface area contributed by atoms with E-state index >= 15 is 0 Å². The van der Waals surface area contributed by atoms with E-state index in [1.54, 1.807) is 6.92 Å². The summed E-state index contributed by atoms with van der Waals surface area (Å²) in [6.45, 7) is 5.82. The number of sulfonamides is 1. The maximum Gasteiger partial charge on any atom is 0.254 e. The maximum absolute atomic E-state index is 12.5. The van der Waals surface area contributed by atoms with E-state index in [0.29, 0.717) is 12.1 Å². The lowest BCUT2D eigenvalue weighted by atomic mass is 10.2. The summed E-state index contributed by atoms with van der Waals surface area (Å²) in [7, 11) is -0.643. The van der Waals surface area contributed by atoms with E-state index in [1.165, 1.54) is 43.3 Å². The number of hydrogen-bond acceptors (Lipinski definition) is 4. The van der Waals surface area contributed by atoms with Crippen molar-refractivity contribution in [1.29, 1.82) is 0 Å². The number of amides is 2. The van der Waals surface area contributed by atoms with E-state index in [9.17, 15) is 18.0 Å². The number of likely N-dealkylation sites (N-methyl/N-ethyl adjacent to an activating group) is 1. The Hall–Kier alpha value is -1.93. The van der Waals surface area contributed by atoms with Crippen molar-refractivity contribution in [2.45, 2.75) is 31.7 Å². The predicted octanol–water partition coefficient (Wildman–Crippen LogP) is 0.924.